The average Bonchev–Trinajstić information content (AvgIpc) is 2.29. The second-order valence-corrected chi connectivity index (χ2v) is 9.13. The third-order valence-electron chi connectivity index (χ3n) is 2.38. The molecule has 0 heterocycles. The molecule has 1 N–H and O–H groups in total. The Morgan fingerprint density at radius 2 is 2.10 bits per heavy atom. The number of carbonyl (C=O) groups is 1. The van der Waals surface area contributed by atoms with Gasteiger partial charge in [0.25, 0.3) is 15.0 Å². The summed E-state index contributed by atoms with van der Waals surface area (Å²) in [6.07, 6.45) is 1.49. The van der Waals surface area contributed by atoms with Crippen LogP contribution in [-0.4, -0.2) is 36.6 Å². The molecule has 0 bridgehead atoms. The zero-order valence-electron chi connectivity index (χ0n) is 11.0. The standard InChI is InChI=1S/C11H12BrClFNO4S2/c1-6(5-20(2)17)15-11(16)7-3-8(14)10(12)9(4-7)21(13,18)19/h3-4,6H,5H2,1-2H3,(H,15,16). The Morgan fingerprint density at radius 1 is 1.52 bits per heavy atom. The van der Waals surface area contributed by atoms with E-state index in [1.165, 1.54) is 6.26 Å². The second-order valence-electron chi connectivity index (χ2n) is 4.32. The molecule has 0 saturated heterocycles. The van der Waals surface area contributed by atoms with Crippen molar-refractivity contribution in [1.29, 1.82) is 0 Å². The molecule has 2 atom stereocenters. The van der Waals surface area contributed by atoms with E-state index in [0.717, 1.165) is 12.1 Å². The van der Waals surface area contributed by atoms with Crippen molar-refractivity contribution < 1.29 is 21.8 Å². The van der Waals surface area contributed by atoms with Gasteiger partial charge in [0.2, 0.25) is 0 Å². The van der Waals surface area contributed by atoms with Crippen molar-refractivity contribution in [2.45, 2.75) is 17.9 Å². The van der Waals surface area contributed by atoms with Crippen LogP contribution in [0.2, 0.25) is 0 Å². The highest BCUT2D eigenvalue weighted by atomic mass is 79.9. The van der Waals surface area contributed by atoms with Gasteiger partial charge in [-0.1, -0.05) is 0 Å². The monoisotopic (exact) mass is 419 g/mol. The molecule has 0 aliphatic rings. The Bertz CT molecular complexity index is 696. The van der Waals surface area contributed by atoms with E-state index >= 15 is 0 Å². The largest absolute Gasteiger partial charge is 0.349 e. The number of amides is 1. The fraction of sp³-hybridized carbons (Fsp3) is 0.364. The van der Waals surface area contributed by atoms with Crippen molar-refractivity contribution in [3.63, 3.8) is 0 Å². The summed E-state index contributed by atoms with van der Waals surface area (Å²) >= 11 is 2.77. The summed E-state index contributed by atoms with van der Waals surface area (Å²) in [5, 5.41) is 2.50. The van der Waals surface area contributed by atoms with Crippen LogP contribution in [-0.2, 0) is 19.9 Å². The number of hydrogen-bond donors (Lipinski definition) is 1. The lowest BCUT2D eigenvalue weighted by Crippen LogP contribution is -2.36. The van der Waals surface area contributed by atoms with Crippen molar-refractivity contribution in [2.24, 2.45) is 0 Å². The van der Waals surface area contributed by atoms with Crippen molar-refractivity contribution in [3.05, 3.63) is 28.0 Å². The molecule has 0 aliphatic heterocycles. The summed E-state index contributed by atoms with van der Waals surface area (Å²) in [5.74, 6) is -1.37. The van der Waals surface area contributed by atoms with Gasteiger partial charge in [0.05, 0.1) is 4.47 Å². The third kappa shape index (κ3) is 5.32. The molecule has 0 fully saturated rings. The Hall–Kier alpha value is -0.510. The zero-order chi connectivity index (χ0) is 16.4. The molecule has 0 saturated carbocycles. The topological polar surface area (TPSA) is 80.3 Å². The molecule has 0 aromatic heterocycles. The third-order valence-corrected chi connectivity index (χ3v) is 5.77. The van der Waals surface area contributed by atoms with Gasteiger partial charge in [-0.05, 0) is 35.0 Å². The van der Waals surface area contributed by atoms with Gasteiger partial charge in [-0.15, -0.1) is 0 Å². The summed E-state index contributed by atoms with van der Waals surface area (Å²) in [4.78, 5) is 11.4. The fourth-order valence-corrected chi connectivity index (χ4v) is 4.45. The first-order chi connectivity index (χ1) is 9.52. The van der Waals surface area contributed by atoms with Gasteiger partial charge < -0.3 is 5.32 Å². The summed E-state index contributed by atoms with van der Waals surface area (Å²) in [5.41, 5.74) is -0.191. The molecule has 1 aromatic rings. The second kappa shape index (κ2) is 7.17. The van der Waals surface area contributed by atoms with Gasteiger partial charge >= 0.3 is 0 Å². The summed E-state index contributed by atoms with van der Waals surface area (Å²) in [7, 11) is -0.120. The minimum atomic E-state index is -4.20. The number of rotatable bonds is 5. The Balaban J connectivity index is 3.12. The van der Waals surface area contributed by atoms with Crippen LogP contribution in [0.25, 0.3) is 0 Å². The maximum atomic E-state index is 13.7. The minimum Gasteiger partial charge on any atom is -0.349 e. The van der Waals surface area contributed by atoms with Crippen LogP contribution in [0.1, 0.15) is 17.3 Å². The van der Waals surface area contributed by atoms with E-state index in [2.05, 4.69) is 21.2 Å². The van der Waals surface area contributed by atoms with E-state index in [4.69, 9.17) is 10.7 Å². The summed E-state index contributed by atoms with van der Waals surface area (Å²) in [6.45, 7) is 1.63. The molecule has 1 amide bonds. The van der Waals surface area contributed by atoms with Gasteiger partial charge in [-0.2, -0.15) is 0 Å². The van der Waals surface area contributed by atoms with Crippen molar-refractivity contribution >= 4 is 52.4 Å². The molecular weight excluding hydrogens is 409 g/mol. The lowest BCUT2D eigenvalue weighted by Gasteiger charge is -2.13. The van der Waals surface area contributed by atoms with Crippen LogP contribution in [0.4, 0.5) is 4.39 Å². The number of nitrogens with one attached hydrogen (secondary N) is 1. The Labute approximate surface area is 137 Å². The van der Waals surface area contributed by atoms with E-state index in [1.54, 1.807) is 6.92 Å². The van der Waals surface area contributed by atoms with Crippen molar-refractivity contribution in [1.82, 2.24) is 5.32 Å². The van der Waals surface area contributed by atoms with Gasteiger partial charge in [-0.25, -0.2) is 12.8 Å². The number of hydrogen-bond acceptors (Lipinski definition) is 4. The minimum absolute atomic E-state index is 0.191. The molecule has 1 rings (SSSR count). The molecule has 118 valence electrons. The van der Waals surface area contributed by atoms with Crippen LogP contribution >= 0.6 is 26.6 Å². The Morgan fingerprint density at radius 3 is 2.57 bits per heavy atom. The normalized spacial score (nSPS) is 14.5. The average molecular weight is 421 g/mol. The molecule has 0 spiro atoms. The molecule has 21 heavy (non-hydrogen) atoms. The van der Waals surface area contributed by atoms with Crippen molar-refractivity contribution in [3.8, 4) is 0 Å². The van der Waals surface area contributed by atoms with E-state index in [-0.39, 0.29) is 15.8 Å². The first kappa shape index (κ1) is 18.5. The maximum absolute atomic E-state index is 13.7. The number of halogens is 3. The summed E-state index contributed by atoms with van der Waals surface area (Å²) < 4.78 is 47.1. The zero-order valence-corrected chi connectivity index (χ0v) is 15.0. The quantitative estimate of drug-likeness (QED) is 0.739. The number of benzene rings is 1. The van der Waals surface area contributed by atoms with Crippen LogP contribution < -0.4 is 5.32 Å². The van der Waals surface area contributed by atoms with E-state index in [1.807, 2.05) is 0 Å². The highest BCUT2D eigenvalue weighted by molar-refractivity contribution is 9.10. The molecule has 2 unspecified atom stereocenters. The van der Waals surface area contributed by atoms with Gasteiger partial charge in [0.15, 0.2) is 0 Å². The molecule has 0 radical (unpaired) electrons. The number of carbonyl (C=O) groups excluding carboxylic acids is 1. The SMILES string of the molecule is CC(CS(C)=O)NC(=O)c1cc(F)c(Br)c(S(=O)(=O)Cl)c1. The predicted octanol–water partition coefficient (Wildman–Crippen LogP) is 2.01. The molecular formula is C11H12BrClFNO4S2. The highest BCUT2D eigenvalue weighted by Crippen LogP contribution is 2.29. The van der Waals surface area contributed by atoms with E-state index in [9.17, 15) is 21.8 Å². The van der Waals surface area contributed by atoms with Crippen LogP contribution in [0.3, 0.4) is 0 Å². The van der Waals surface area contributed by atoms with Crippen LogP contribution in [0.15, 0.2) is 21.5 Å². The maximum Gasteiger partial charge on any atom is 0.262 e. The molecule has 1 aromatic carbocycles. The first-order valence-corrected chi connectivity index (χ1v) is 10.4. The van der Waals surface area contributed by atoms with E-state index < -0.39 is 42.5 Å². The predicted molar refractivity (Wildman–Crippen MR) is 83.0 cm³/mol. The molecule has 5 nitrogen and oxygen atoms in total. The van der Waals surface area contributed by atoms with Crippen LogP contribution in [0.5, 0.6) is 0 Å². The molecule has 0 aliphatic carbocycles. The fourth-order valence-electron chi connectivity index (χ4n) is 1.57. The lowest BCUT2D eigenvalue weighted by molar-refractivity contribution is 0.0943. The van der Waals surface area contributed by atoms with Gasteiger partial charge in [-0.3, -0.25) is 9.00 Å². The smallest absolute Gasteiger partial charge is 0.262 e. The van der Waals surface area contributed by atoms with Crippen LogP contribution in [0, 0.1) is 5.82 Å². The van der Waals surface area contributed by atoms with Gasteiger partial charge in [0.1, 0.15) is 10.7 Å². The van der Waals surface area contributed by atoms with Gasteiger partial charge in [0, 0.05) is 45.1 Å². The lowest BCUT2D eigenvalue weighted by atomic mass is 10.2. The highest BCUT2D eigenvalue weighted by Gasteiger charge is 2.22. The van der Waals surface area contributed by atoms with E-state index in [0.29, 0.717) is 0 Å². The molecule has 10 heteroatoms. The first-order valence-electron chi connectivity index (χ1n) is 5.57. The van der Waals surface area contributed by atoms with Crippen molar-refractivity contribution in [2.75, 3.05) is 12.0 Å². The Kier molecular flexibility index (Phi) is 6.33. The summed E-state index contributed by atoms with van der Waals surface area (Å²) in [6, 6.07) is 1.45.